The molecule has 2 rings (SSSR count). The Morgan fingerprint density at radius 3 is 2.83 bits per heavy atom. The molecule has 0 saturated carbocycles. The van der Waals surface area contributed by atoms with Gasteiger partial charge in [-0.05, 0) is 38.3 Å². The van der Waals surface area contributed by atoms with E-state index in [1.54, 1.807) is 0 Å². The van der Waals surface area contributed by atoms with Crippen LogP contribution < -0.4 is 0 Å². The zero-order valence-corrected chi connectivity index (χ0v) is 12.0. The number of fused-ring (bicyclic) bond motifs is 1. The average molecular weight is 265 g/mol. The number of rotatable bonds is 6. The fraction of sp³-hybridized carbons (Fsp3) is 0.533. The van der Waals surface area contributed by atoms with E-state index in [4.69, 9.17) is 16.6 Å². The molecule has 0 aliphatic rings. The molecule has 0 aliphatic heterocycles. The van der Waals surface area contributed by atoms with Crippen molar-refractivity contribution in [2.45, 2.75) is 51.5 Å². The molecule has 1 unspecified atom stereocenters. The summed E-state index contributed by atoms with van der Waals surface area (Å²) in [6, 6.07) is 8.39. The van der Waals surface area contributed by atoms with E-state index in [1.807, 2.05) is 0 Å². The van der Waals surface area contributed by atoms with E-state index in [9.17, 15) is 0 Å². The standard InChI is InChI=1S/C15H21ClN2/c1-3-11-18-14-9-5-4-8-13(14)17-15(18)10-6-7-12(2)16/h4-5,8-9,12H,3,6-7,10-11H2,1-2H3. The number of hydrogen-bond acceptors (Lipinski definition) is 1. The maximum atomic E-state index is 6.00. The van der Waals surface area contributed by atoms with E-state index < -0.39 is 0 Å². The van der Waals surface area contributed by atoms with Crippen LogP contribution in [-0.4, -0.2) is 14.9 Å². The Bertz CT molecular complexity index is 502. The molecule has 0 radical (unpaired) electrons. The molecule has 3 heteroatoms. The van der Waals surface area contributed by atoms with Crippen molar-refractivity contribution in [1.82, 2.24) is 9.55 Å². The number of para-hydroxylation sites is 2. The lowest BCUT2D eigenvalue weighted by Gasteiger charge is -2.08. The van der Waals surface area contributed by atoms with Crippen LogP contribution in [0, 0.1) is 0 Å². The number of imidazole rings is 1. The Labute approximate surface area is 114 Å². The Hall–Kier alpha value is -1.02. The molecule has 1 heterocycles. The fourth-order valence-corrected chi connectivity index (χ4v) is 2.49. The van der Waals surface area contributed by atoms with Crippen LogP contribution >= 0.6 is 11.6 Å². The molecule has 0 N–H and O–H groups in total. The van der Waals surface area contributed by atoms with Gasteiger partial charge in [-0.3, -0.25) is 0 Å². The van der Waals surface area contributed by atoms with E-state index in [1.165, 1.54) is 11.3 Å². The van der Waals surface area contributed by atoms with Gasteiger partial charge in [-0.15, -0.1) is 11.6 Å². The maximum Gasteiger partial charge on any atom is 0.109 e. The van der Waals surface area contributed by atoms with Crippen molar-refractivity contribution < 1.29 is 0 Å². The Morgan fingerprint density at radius 1 is 1.33 bits per heavy atom. The molecule has 1 atom stereocenters. The van der Waals surface area contributed by atoms with Crippen LogP contribution in [0.4, 0.5) is 0 Å². The van der Waals surface area contributed by atoms with Crippen LogP contribution in [0.25, 0.3) is 11.0 Å². The first-order chi connectivity index (χ1) is 8.72. The number of halogens is 1. The molecular formula is C15H21ClN2. The van der Waals surface area contributed by atoms with Gasteiger partial charge in [0.25, 0.3) is 0 Å². The second-order valence-corrected chi connectivity index (χ2v) is 5.59. The van der Waals surface area contributed by atoms with E-state index >= 15 is 0 Å². The van der Waals surface area contributed by atoms with Crippen molar-refractivity contribution in [3.05, 3.63) is 30.1 Å². The molecule has 2 aromatic rings. The summed E-state index contributed by atoms with van der Waals surface area (Å²) in [7, 11) is 0. The molecule has 0 amide bonds. The summed E-state index contributed by atoms with van der Waals surface area (Å²) >= 11 is 6.00. The van der Waals surface area contributed by atoms with E-state index in [-0.39, 0.29) is 5.38 Å². The summed E-state index contributed by atoms with van der Waals surface area (Å²) in [6.45, 7) is 5.31. The first-order valence-electron chi connectivity index (χ1n) is 6.80. The van der Waals surface area contributed by atoms with Crippen molar-refractivity contribution in [3.63, 3.8) is 0 Å². The minimum atomic E-state index is 0.258. The summed E-state index contributed by atoms with van der Waals surface area (Å²) < 4.78 is 2.36. The van der Waals surface area contributed by atoms with E-state index in [0.717, 1.165) is 37.7 Å². The lowest BCUT2D eigenvalue weighted by molar-refractivity contribution is 0.622. The van der Waals surface area contributed by atoms with Crippen molar-refractivity contribution in [2.75, 3.05) is 0 Å². The maximum absolute atomic E-state index is 6.00. The highest BCUT2D eigenvalue weighted by Gasteiger charge is 2.09. The largest absolute Gasteiger partial charge is 0.328 e. The predicted molar refractivity (Wildman–Crippen MR) is 78.3 cm³/mol. The Balaban J connectivity index is 2.22. The molecule has 1 aromatic carbocycles. The molecule has 18 heavy (non-hydrogen) atoms. The van der Waals surface area contributed by atoms with Gasteiger partial charge in [0.2, 0.25) is 0 Å². The summed E-state index contributed by atoms with van der Waals surface area (Å²) in [6.07, 6.45) is 4.32. The monoisotopic (exact) mass is 264 g/mol. The van der Waals surface area contributed by atoms with Gasteiger partial charge in [-0.25, -0.2) is 4.98 Å². The lowest BCUT2D eigenvalue weighted by atomic mass is 10.2. The fourth-order valence-electron chi connectivity index (χ4n) is 2.33. The van der Waals surface area contributed by atoms with Gasteiger partial charge in [-0.2, -0.15) is 0 Å². The molecule has 0 bridgehead atoms. The van der Waals surface area contributed by atoms with Crippen molar-refractivity contribution in [3.8, 4) is 0 Å². The third-order valence-corrected chi connectivity index (χ3v) is 3.40. The minimum absolute atomic E-state index is 0.258. The van der Waals surface area contributed by atoms with Gasteiger partial charge in [0.15, 0.2) is 0 Å². The average Bonchev–Trinajstić information content (AvgIpc) is 2.68. The smallest absolute Gasteiger partial charge is 0.109 e. The van der Waals surface area contributed by atoms with Gasteiger partial charge in [0, 0.05) is 18.3 Å². The Morgan fingerprint density at radius 2 is 2.11 bits per heavy atom. The summed E-state index contributed by atoms with van der Waals surface area (Å²) in [5, 5.41) is 0.258. The lowest BCUT2D eigenvalue weighted by Crippen LogP contribution is -2.04. The molecule has 0 aliphatic carbocycles. The second kappa shape index (κ2) is 6.24. The number of aryl methyl sites for hydroxylation is 2. The summed E-state index contributed by atoms with van der Waals surface area (Å²) in [5.74, 6) is 1.20. The van der Waals surface area contributed by atoms with Gasteiger partial charge >= 0.3 is 0 Å². The highest BCUT2D eigenvalue weighted by atomic mass is 35.5. The number of benzene rings is 1. The topological polar surface area (TPSA) is 17.8 Å². The number of nitrogens with zero attached hydrogens (tertiary/aromatic N) is 2. The highest BCUT2D eigenvalue weighted by Crippen LogP contribution is 2.18. The highest BCUT2D eigenvalue weighted by molar-refractivity contribution is 6.20. The van der Waals surface area contributed by atoms with E-state index in [2.05, 4.69) is 42.7 Å². The molecule has 1 aromatic heterocycles. The van der Waals surface area contributed by atoms with Gasteiger partial charge in [-0.1, -0.05) is 19.1 Å². The molecule has 0 fully saturated rings. The van der Waals surface area contributed by atoms with Crippen molar-refractivity contribution in [2.24, 2.45) is 0 Å². The first kappa shape index (κ1) is 13.4. The molecular weight excluding hydrogens is 244 g/mol. The molecule has 2 nitrogen and oxygen atoms in total. The summed E-state index contributed by atoms with van der Waals surface area (Å²) in [4.78, 5) is 4.75. The van der Waals surface area contributed by atoms with Crippen LogP contribution in [0.2, 0.25) is 0 Å². The van der Waals surface area contributed by atoms with Crippen LogP contribution in [0.5, 0.6) is 0 Å². The first-order valence-corrected chi connectivity index (χ1v) is 7.24. The van der Waals surface area contributed by atoms with Crippen LogP contribution in [-0.2, 0) is 13.0 Å². The van der Waals surface area contributed by atoms with Crippen LogP contribution in [0.1, 0.15) is 38.9 Å². The van der Waals surface area contributed by atoms with Gasteiger partial charge in [0.1, 0.15) is 5.82 Å². The van der Waals surface area contributed by atoms with Gasteiger partial charge < -0.3 is 4.57 Å². The third kappa shape index (κ3) is 3.05. The number of aromatic nitrogens is 2. The number of alkyl halides is 1. The van der Waals surface area contributed by atoms with Crippen molar-refractivity contribution in [1.29, 1.82) is 0 Å². The quantitative estimate of drug-likeness (QED) is 0.708. The predicted octanol–water partition coefficient (Wildman–Crippen LogP) is 4.40. The minimum Gasteiger partial charge on any atom is -0.328 e. The molecule has 98 valence electrons. The van der Waals surface area contributed by atoms with Crippen LogP contribution in [0.15, 0.2) is 24.3 Å². The number of hydrogen-bond donors (Lipinski definition) is 0. The van der Waals surface area contributed by atoms with E-state index in [0.29, 0.717) is 0 Å². The van der Waals surface area contributed by atoms with Crippen LogP contribution in [0.3, 0.4) is 0 Å². The second-order valence-electron chi connectivity index (χ2n) is 4.84. The third-order valence-electron chi connectivity index (χ3n) is 3.18. The molecule has 0 spiro atoms. The Kier molecular flexibility index (Phi) is 4.65. The summed E-state index contributed by atoms with van der Waals surface area (Å²) in [5.41, 5.74) is 2.37. The normalized spacial score (nSPS) is 13.1. The van der Waals surface area contributed by atoms with Gasteiger partial charge in [0.05, 0.1) is 11.0 Å². The molecule has 0 saturated heterocycles. The van der Waals surface area contributed by atoms with Crippen molar-refractivity contribution >= 4 is 22.6 Å². The zero-order valence-electron chi connectivity index (χ0n) is 11.2. The SMILES string of the molecule is CCCn1c(CCCC(C)Cl)nc2ccccc21. The zero-order chi connectivity index (χ0) is 13.0.